The van der Waals surface area contributed by atoms with E-state index in [0.717, 1.165) is 50.1 Å². The summed E-state index contributed by atoms with van der Waals surface area (Å²) in [5.41, 5.74) is 6.16. The van der Waals surface area contributed by atoms with Gasteiger partial charge >= 0.3 is 0 Å². The molecular weight excluding hydrogens is 442 g/mol. The summed E-state index contributed by atoms with van der Waals surface area (Å²) in [4.78, 5) is 37.6. The summed E-state index contributed by atoms with van der Waals surface area (Å²) in [6, 6.07) is 23.4. The monoisotopic (exact) mass is 461 g/mol. The van der Waals surface area contributed by atoms with E-state index in [1.54, 1.807) is 12.4 Å². The molecule has 2 aromatic carbocycles. The van der Waals surface area contributed by atoms with Crippen LogP contribution in [0.15, 0.2) is 85.2 Å². The van der Waals surface area contributed by atoms with E-state index < -0.39 is 0 Å². The van der Waals surface area contributed by atoms with Crippen LogP contribution in [0.4, 0.5) is 5.69 Å². The molecule has 0 spiro atoms. The number of para-hydroxylation sites is 1. The second-order valence-corrected chi connectivity index (χ2v) is 9.27. The lowest BCUT2D eigenvalue weighted by Crippen LogP contribution is -2.32. The summed E-state index contributed by atoms with van der Waals surface area (Å²) in [5.74, 6) is -0.0590. The first kappa shape index (κ1) is 20.4. The Hall–Kier alpha value is -4.16. The number of carbonyl (C=O) groups excluding carboxylic acids is 2. The molecule has 0 unspecified atom stereocenters. The minimum Gasteiger partial charge on any atom is -0.307 e. The van der Waals surface area contributed by atoms with Gasteiger partial charge in [-0.2, -0.15) is 0 Å². The van der Waals surface area contributed by atoms with Gasteiger partial charge in [-0.1, -0.05) is 30.3 Å². The number of rotatable bonds is 3. The van der Waals surface area contributed by atoms with E-state index in [-0.39, 0.29) is 5.91 Å². The van der Waals surface area contributed by atoms with Crippen molar-refractivity contribution >= 4 is 40.1 Å². The standard InChI is InChI=1S/C28H19N3O2S/c32-17-22-15-20-11-14-31(26-4-2-1-3-23(26)27(20)34-22)28(33)21-6-5-18-7-8-24(30-25(18)16-21)19-9-12-29-13-10-19/h1-10,12-13,15-17H,11,14H2. The van der Waals surface area contributed by atoms with Gasteiger partial charge in [0.05, 0.1) is 21.8 Å². The number of benzene rings is 2. The van der Waals surface area contributed by atoms with Gasteiger partial charge in [0.15, 0.2) is 6.29 Å². The lowest BCUT2D eigenvalue weighted by Gasteiger charge is -2.23. The minimum absolute atomic E-state index is 0.0590. The number of aldehydes is 1. The molecule has 0 bridgehead atoms. The van der Waals surface area contributed by atoms with E-state index in [4.69, 9.17) is 4.98 Å². The van der Waals surface area contributed by atoms with Crippen molar-refractivity contribution in [1.29, 1.82) is 0 Å². The maximum absolute atomic E-state index is 13.7. The number of hydrogen-bond acceptors (Lipinski definition) is 5. The smallest absolute Gasteiger partial charge is 0.258 e. The Morgan fingerprint density at radius 2 is 1.79 bits per heavy atom. The first-order valence-electron chi connectivity index (χ1n) is 11.0. The zero-order chi connectivity index (χ0) is 23.1. The predicted molar refractivity (Wildman–Crippen MR) is 135 cm³/mol. The van der Waals surface area contributed by atoms with Crippen LogP contribution in [-0.4, -0.2) is 28.7 Å². The fraction of sp³-hybridized carbons (Fsp3) is 0.0714. The number of anilines is 1. The molecule has 0 aliphatic carbocycles. The molecule has 0 saturated heterocycles. The Morgan fingerprint density at radius 1 is 0.971 bits per heavy atom. The summed E-state index contributed by atoms with van der Waals surface area (Å²) >= 11 is 1.48. The number of hydrogen-bond donors (Lipinski definition) is 0. The Morgan fingerprint density at radius 3 is 2.65 bits per heavy atom. The van der Waals surface area contributed by atoms with Crippen molar-refractivity contribution < 1.29 is 9.59 Å². The normalized spacial score (nSPS) is 12.6. The molecule has 0 N–H and O–H groups in total. The lowest BCUT2D eigenvalue weighted by atomic mass is 10.1. The van der Waals surface area contributed by atoms with Gasteiger partial charge in [-0.3, -0.25) is 14.6 Å². The molecule has 5 nitrogen and oxygen atoms in total. The van der Waals surface area contributed by atoms with E-state index in [0.29, 0.717) is 23.4 Å². The van der Waals surface area contributed by atoms with E-state index in [1.807, 2.05) is 77.7 Å². The van der Waals surface area contributed by atoms with E-state index in [9.17, 15) is 9.59 Å². The van der Waals surface area contributed by atoms with Crippen molar-refractivity contribution in [3.63, 3.8) is 0 Å². The number of aromatic nitrogens is 2. The highest BCUT2D eigenvalue weighted by atomic mass is 32.1. The van der Waals surface area contributed by atoms with Crippen molar-refractivity contribution in [3.05, 3.63) is 101 Å². The van der Waals surface area contributed by atoms with Gasteiger partial charge < -0.3 is 4.90 Å². The molecule has 1 aliphatic rings. The third kappa shape index (κ3) is 3.49. The number of fused-ring (bicyclic) bond motifs is 4. The zero-order valence-electron chi connectivity index (χ0n) is 18.1. The van der Waals surface area contributed by atoms with Gasteiger partial charge in [0, 0.05) is 45.9 Å². The zero-order valence-corrected chi connectivity index (χ0v) is 19.0. The molecule has 0 saturated carbocycles. The molecule has 164 valence electrons. The van der Waals surface area contributed by atoms with Gasteiger partial charge in [0.2, 0.25) is 0 Å². The number of pyridine rings is 2. The highest BCUT2D eigenvalue weighted by molar-refractivity contribution is 7.17. The van der Waals surface area contributed by atoms with E-state index in [2.05, 4.69) is 4.98 Å². The Kier molecular flexibility index (Phi) is 5.00. The number of thiophene rings is 1. The average Bonchev–Trinajstić information content (AvgIpc) is 3.25. The molecule has 1 amide bonds. The molecule has 3 aromatic heterocycles. The van der Waals surface area contributed by atoms with Crippen LogP contribution < -0.4 is 4.90 Å². The second-order valence-electron chi connectivity index (χ2n) is 8.18. The Bertz CT molecular complexity index is 1560. The highest BCUT2D eigenvalue weighted by Gasteiger charge is 2.26. The molecule has 5 aromatic rings. The van der Waals surface area contributed by atoms with Gasteiger partial charge in [-0.05, 0) is 54.4 Å². The van der Waals surface area contributed by atoms with Crippen LogP contribution in [-0.2, 0) is 6.42 Å². The largest absolute Gasteiger partial charge is 0.307 e. The average molecular weight is 462 g/mol. The second kappa shape index (κ2) is 8.32. The molecule has 0 fully saturated rings. The van der Waals surface area contributed by atoms with E-state index in [1.165, 1.54) is 11.3 Å². The van der Waals surface area contributed by atoms with Crippen molar-refractivity contribution in [2.24, 2.45) is 0 Å². The van der Waals surface area contributed by atoms with Crippen LogP contribution in [0.5, 0.6) is 0 Å². The molecule has 0 radical (unpaired) electrons. The van der Waals surface area contributed by atoms with Gasteiger partial charge in [0.1, 0.15) is 0 Å². The van der Waals surface area contributed by atoms with Crippen LogP contribution in [0.1, 0.15) is 25.6 Å². The minimum atomic E-state index is -0.0590. The summed E-state index contributed by atoms with van der Waals surface area (Å²) in [6.45, 7) is 0.542. The summed E-state index contributed by atoms with van der Waals surface area (Å²) in [6.07, 6.45) is 5.08. The predicted octanol–water partition coefficient (Wildman–Crippen LogP) is 6.04. The Balaban J connectivity index is 1.40. The van der Waals surface area contributed by atoms with Crippen molar-refractivity contribution in [1.82, 2.24) is 9.97 Å². The van der Waals surface area contributed by atoms with Gasteiger partial charge in [-0.25, -0.2) is 4.98 Å². The first-order valence-corrected chi connectivity index (χ1v) is 11.8. The maximum Gasteiger partial charge on any atom is 0.258 e. The van der Waals surface area contributed by atoms with Crippen molar-refractivity contribution in [2.45, 2.75) is 6.42 Å². The third-order valence-electron chi connectivity index (χ3n) is 6.15. The number of amides is 1. The molecule has 0 atom stereocenters. The molecular formula is C28H19N3O2S. The fourth-order valence-corrected chi connectivity index (χ4v) is 5.54. The molecule has 6 rings (SSSR count). The topological polar surface area (TPSA) is 63.2 Å². The SMILES string of the molecule is O=Cc1cc2c(s1)-c1ccccc1N(C(=O)c1ccc3ccc(-c4ccncc4)nc3c1)CC2. The fourth-order valence-electron chi connectivity index (χ4n) is 4.48. The molecule has 4 heterocycles. The van der Waals surface area contributed by atoms with Crippen LogP contribution in [0.2, 0.25) is 0 Å². The van der Waals surface area contributed by atoms with E-state index >= 15 is 0 Å². The number of carbonyl (C=O) groups is 2. The Labute approximate surface area is 200 Å². The van der Waals surface area contributed by atoms with Crippen LogP contribution >= 0.6 is 11.3 Å². The van der Waals surface area contributed by atoms with Gasteiger partial charge in [0.25, 0.3) is 5.91 Å². The summed E-state index contributed by atoms with van der Waals surface area (Å²) in [7, 11) is 0. The molecule has 34 heavy (non-hydrogen) atoms. The van der Waals surface area contributed by atoms with Crippen LogP contribution in [0.25, 0.3) is 32.6 Å². The van der Waals surface area contributed by atoms with Crippen molar-refractivity contribution in [3.8, 4) is 21.7 Å². The maximum atomic E-state index is 13.7. The lowest BCUT2D eigenvalue weighted by molar-refractivity contribution is 0.0987. The summed E-state index contributed by atoms with van der Waals surface area (Å²) < 4.78 is 0. The van der Waals surface area contributed by atoms with Gasteiger partial charge in [-0.15, -0.1) is 11.3 Å². The highest BCUT2D eigenvalue weighted by Crippen LogP contribution is 2.41. The number of nitrogens with zero attached hydrogens (tertiary/aromatic N) is 3. The molecule has 1 aliphatic heterocycles. The summed E-state index contributed by atoms with van der Waals surface area (Å²) in [5, 5.41) is 0.981. The van der Waals surface area contributed by atoms with Crippen molar-refractivity contribution in [2.75, 3.05) is 11.4 Å². The van der Waals surface area contributed by atoms with Crippen LogP contribution in [0, 0.1) is 0 Å². The van der Waals surface area contributed by atoms with Crippen LogP contribution in [0.3, 0.4) is 0 Å². The third-order valence-corrected chi connectivity index (χ3v) is 7.28. The molecule has 6 heteroatoms. The quantitative estimate of drug-likeness (QED) is 0.307. The first-order chi connectivity index (χ1) is 16.7.